The number of imide groups is 1. The van der Waals surface area contributed by atoms with E-state index in [1.165, 1.54) is 0 Å². The monoisotopic (exact) mass is 410 g/mol. The van der Waals surface area contributed by atoms with Crippen LogP contribution in [0.1, 0.15) is 24.8 Å². The molecule has 0 unspecified atom stereocenters. The molecule has 0 aliphatic carbocycles. The van der Waals surface area contributed by atoms with Gasteiger partial charge in [-0.25, -0.2) is 0 Å². The van der Waals surface area contributed by atoms with Crippen molar-refractivity contribution in [2.75, 3.05) is 26.7 Å². The van der Waals surface area contributed by atoms with Crippen LogP contribution in [-0.4, -0.2) is 53.6 Å². The average Bonchev–Trinajstić information content (AvgIpc) is 3.02. The summed E-state index contributed by atoms with van der Waals surface area (Å²) in [6.07, 6.45) is 4.78. The third kappa shape index (κ3) is 3.87. The van der Waals surface area contributed by atoms with Crippen LogP contribution >= 0.6 is 11.8 Å². The van der Waals surface area contributed by atoms with Gasteiger partial charge in [-0.1, -0.05) is 30.3 Å². The number of likely N-dealkylation sites (tertiary alicyclic amines) is 1. The molecule has 2 fully saturated rings. The molecule has 0 radical (unpaired) electrons. The summed E-state index contributed by atoms with van der Waals surface area (Å²) in [5.41, 5.74) is 0.828. The number of nitrogens with zero attached hydrogens (tertiary/aromatic N) is 2. The van der Waals surface area contributed by atoms with Gasteiger partial charge in [0, 0.05) is 18.5 Å². The lowest BCUT2D eigenvalue weighted by Crippen LogP contribution is -2.44. The highest BCUT2D eigenvalue weighted by Crippen LogP contribution is 2.35. The molecule has 0 aromatic heterocycles. The molecule has 0 spiro atoms. The maximum Gasteiger partial charge on any atom is 0.294 e. The first-order chi connectivity index (χ1) is 14.1. The Labute approximate surface area is 173 Å². The molecule has 3 amide bonds. The SMILES string of the molecule is COc1ccc(/C=C2/SC(=O)N(CC(=O)N3CCCCC3)C2=O)c2ccccc12. The molecule has 2 aromatic rings. The molecule has 150 valence electrons. The normalized spacial score (nSPS) is 18.7. The fourth-order valence-corrected chi connectivity index (χ4v) is 4.58. The second kappa shape index (κ2) is 8.29. The molecule has 2 aliphatic rings. The summed E-state index contributed by atoms with van der Waals surface area (Å²) in [5.74, 6) is 0.173. The minimum atomic E-state index is -0.412. The topological polar surface area (TPSA) is 66.9 Å². The van der Waals surface area contributed by atoms with Gasteiger partial charge in [0.1, 0.15) is 12.3 Å². The highest BCUT2D eigenvalue weighted by Gasteiger charge is 2.37. The van der Waals surface area contributed by atoms with Gasteiger partial charge in [-0.15, -0.1) is 0 Å². The van der Waals surface area contributed by atoms with Crippen molar-refractivity contribution in [1.29, 1.82) is 0 Å². The van der Waals surface area contributed by atoms with Crippen LogP contribution in [0.15, 0.2) is 41.3 Å². The van der Waals surface area contributed by atoms with E-state index in [9.17, 15) is 14.4 Å². The molecular weight excluding hydrogens is 388 g/mol. The Bertz CT molecular complexity index is 1010. The van der Waals surface area contributed by atoms with Gasteiger partial charge in [0.15, 0.2) is 0 Å². The molecule has 2 aromatic carbocycles. The van der Waals surface area contributed by atoms with E-state index in [1.807, 2.05) is 36.4 Å². The minimum Gasteiger partial charge on any atom is -0.496 e. The number of thioether (sulfide) groups is 1. The van der Waals surface area contributed by atoms with E-state index >= 15 is 0 Å². The summed E-state index contributed by atoms with van der Waals surface area (Å²) in [5, 5.41) is 1.47. The van der Waals surface area contributed by atoms with Crippen molar-refractivity contribution >= 4 is 45.7 Å². The number of fused-ring (bicyclic) bond motifs is 1. The second-order valence-corrected chi connectivity index (χ2v) is 8.11. The van der Waals surface area contributed by atoms with Crippen molar-refractivity contribution in [3.8, 4) is 5.75 Å². The summed E-state index contributed by atoms with van der Waals surface area (Å²) in [6, 6.07) is 11.5. The number of piperidine rings is 1. The van der Waals surface area contributed by atoms with Crippen molar-refractivity contribution in [2.24, 2.45) is 0 Å². The number of carbonyl (C=O) groups excluding carboxylic acids is 3. The number of hydrogen-bond acceptors (Lipinski definition) is 5. The van der Waals surface area contributed by atoms with Gasteiger partial charge in [-0.3, -0.25) is 19.3 Å². The smallest absolute Gasteiger partial charge is 0.294 e. The lowest BCUT2D eigenvalue weighted by atomic mass is 10.0. The van der Waals surface area contributed by atoms with Crippen LogP contribution in [0.25, 0.3) is 16.8 Å². The quantitative estimate of drug-likeness (QED) is 0.716. The zero-order valence-electron chi connectivity index (χ0n) is 16.2. The summed E-state index contributed by atoms with van der Waals surface area (Å²) in [6.45, 7) is 1.21. The summed E-state index contributed by atoms with van der Waals surface area (Å²) in [7, 11) is 1.62. The highest BCUT2D eigenvalue weighted by atomic mass is 32.2. The second-order valence-electron chi connectivity index (χ2n) is 7.11. The van der Waals surface area contributed by atoms with Crippen LogP contribution < -0.4 is 4.74 Å². The van der Waals surface area contributed by atoms with Crippen molar-refractivity contribution in [3.05, 3.63) is 46.9 Å². The van der Waals surface area contributed by atoms with Gasteiger partial charge in [-0.2, -0.15) is 0 Å². The van der Waals surface area contributed by atoms with Crippen molar-refractivity contribution in [2.45, 2.75) is 19.3 Å². The molecule has 2 heterocycles. The predicted octanol–water partition coefficient (Wildman–Crippen LogP) is 3.90. The Hall–Kier alpha value is -2.80. The summed E-state index contributed by atoms with van der Waals surface area (Å²) >= 11 is 0.880. The molecule has 7 heteroatoms. The molecule has 0 saturated carbocycles. The van der Waals surface area contributed by atoms with Crippen LogP contribution in [0, 0.1) is 0 Å². The predicted molar refractivity (Wildman–Crippen MR) is 114 cm³/mol. The highest BCUT2D eigenvalue weighted by molar-refractivity contribution is 8.18. The van der Waals surface area contributed by atoms with Gasteiger partial charge < -0.3 is 9.64 Å². The fourth-order valence-electron chi connectivity index (χ4n) is 3.75. The van der Waals surface area contributed by atoms with Gasteiger partial charge in [-0.05, 0) is 54.1 Å². The standard InChI is InChI=1S/C22H22N2O4S/c1-28-18-10-9-15(16-7-3-4-8-17(16)18)13-19-21(26)24(22(27)29-19)14-20(25)23-11-5-2-6-12-23/h3-4,7-10,13H,2,5-6,11-12,14H2,1H3/b19-13+. The van der Waals surface area contributed by atoms with E-state index in [4.69, 9.17) is 4.74 Å². The summed E-state index contributed by atoms with van der Waals surface area (Å²) in [4.78, 5) is 40.8. The zero-order valence-corrected chi connectivity index (χ0v) is 17.0. The maximum absolute atomic E-state index is 12.8. The first-order valence-electron chi connectivity index (χ1n) is 9.67. The Morgan fingerprint density at radius 2 is 1.79 bits per heavy atom. The molecule has 0 atom stereocenters. The molecular formula is C22H22N2O4S. The Balaban J connectivity index is 1.58. The zero-order chi connectivity index (χ0) is 20.4. The third-order valence-electron chi connectivity index (χ3n) is 5.30. The van der Waals surface area contributed by atoms with E-state index in [2.05, 4.69) is 0 Å². The third-order valence-corrected chi connectivity index (χ3v) is 6.21. The molecule has 29 heavy (non-hydrogen) atoms. The van der Waals surface area contributed by atoms with Crippen molar-refractivity contribution in [1.82, 2.24) is 9.80 Å². The van der Waals surface area contributed by atoms with Crippen LogP contribution in [0.4, 0.5) is 4.79 Å². The fraction of sp³-hybridized carbons (Fsp3) is 0.318. The van der Waals surface area contributed by atoms with Crippen LogP contribution in [-0.2, 0) is 9.59 Å². The number of carbonyl (C=O) groups is 3. The van der Waals surface area contributed by atoms with Crippen molar-refractivity contribution in [3.63, 3.8) is 0 Å². The number of ether oxygens (including phenoxy) is 1. The molecule has 0 N–H and O–H groups in total. The van der Waals surface area contributed by atoms with Crippen LogP contribution in [0.3, 0.4) is 0 Å². The Kier molecular flexibility index (Phi) is 5.58. The van der Waals surface area contributed by atoms with Gasteiger partial charge >= 0.3 is 0 Å². The molecule has 2 saturated heterocycles. The van der Waals surface area contributed by atoms with Crippen LogP contribution in [0.2, 0.25) is 0 Å². The van der Waals surface area contributed by atoms with E-state index in [1.54, 1.807) is 18.1 Å². The van der Waals surface area contributed by atoms with Crippen LogP contribution in [0.5, 0.6) is 5.75 Å². The number of hydrogen-bond donors (Lipinski definition) is 0. The Morgan fingerprint density at radius 3 is 2.52 bits per heavy atom. The van der Waals surface area contributed by atoms with Gasteiger partial charge in [0.25, 0.3) is 11.1 Å². The van der Waals surface area contributed by atoms with Crippen molar-refractivity contribution < 1.29 is 19.1 Å². The average molecular weight is 410 g/mol. The lowest BCUT2D eigenvalue weighted by Gasteiger charge is -2.27. The van der Waals surface area contributed by atoms with Gasteiger partial charge in [0.2, 0.25) is 5.91 Å². The molecule has 0 bridgehead atoms. The molecule has 6 nitrogen and oxygen atoms in total. The molecule has 2 aliphatic heterocycles. The Morgan fingerprint density at radius 1 is 1.07 bits per heavy atom. The number of amides is 3. The van der Waals surface area contributed by atoms with E-state index in [-0.39, 0.29) is 12.5 Å². The lowest BCUT2D eigenvalue weighted by molar-refractivity contribution is -0.136. The summed E-state index contributed by atoms with van der Waals surface area (Å²) < 4.78 is 5.41. The number of methoxy groups -OCH3 is 1. The first-order valence-corrected chi connectivity index (χ1v) is 10.5. The van der Waals surface area contributed by atoms with Gasteiger partial charge in [0.05, 0.1) is 12.0 Å². The molecule has 4 rings (SSSR count). The largest absolute Gasteiger partial charge is 0.496 e. The maximum atomic E-state index is 12.8. The van der Waals surface area contributed by atoms with E-state index in [0.29, 0.717) is 18.0 Å². The van der Waals surface area contributed by atoms with E-state index < -0.39 is 11.1 Å². The minimum absolute atomic E-state index is 0.164. The number of rotatable bonds is 4. The van der Waals surface area contributed by atoms with E-state index in [0.717, 1.165) is 58.0 Å². The number of benzene rings is 2. The first kappa shape index (κ1) is 19.5.